The molecule has 1 fully saturated rings. The van der Waals surface area contributed by atoms with Crippen LogP contribution in [0.1, 0.15) is 24.0 Å². The molecule has 0 spiro atoms. The maximum Gasteiger partial charge on any atom is 0.244 e. The molecule has 2 aromatic carbocycles. The number of halogens is 1. The molecule has 0 bridgehead atoms. The molecule has 10 heteroatoms. The highest BCUT2D eigenvalue weighted by Gasteiger charge is 2.33. The number of aromatic nitrogens is 2. The fraction of sp³-hybridized carbons (Fsp3) is 0.261. The second kappa shape index (κ2) is 9.75. The summed E-state index contributed by atoms with van der Waals surface area (Å²) in [4.78, 5) is 12.9. The molecule has 0 saturated carbocycles. The number of nitrogens with one attached hydrogen (secondary N) is 1. The molecule has 1 N–H and O–H groups in total. The first-order valence-electron chi connectivity index (χ1n) is 10.4. The summed E-state index contributed by atoms with van der Waals surface area (Å²) in [7, 11) is -3.79. The summed E-state index contributed by atoms with van der Waals surface area (Å²) in [6.45, 7) is 0.906. The van der Waals surface area contributed by atoms with Gasteiger partial charge in [-0.25, -0.2) is 13.1 Å². The molecule has 3 aromatic rings. The van der Waals surface area contributed by atoms with Crippen LogP contribution in [0.25, 0.3) is 0 Å². The van der Waals surface area contributed by atoms with Gasteiger partial charge in [-0.1, -0.05) is 35.9 Å². The Morgan fingerprint density at radius 3 is 2.52 bits per heavy atom. The molecular weight excluding hydrogens is 462 g/mol. The van der Waals surface area contributed by atoms with Gasteiger partial charge in [-0.05, 0) is 42.7 Å². The Kier molecular flexibility index (Phi) is 6.79. The molecule has 1 aliphatic heterocycles. The molecular formula is C23H22ClN5O3S. The predicted octanol–water partition coefficient (Wildman–Crippen LogP) is 3.50. The van der Waals surface area contributed by atoms with Gasteiger partial charge < -0.3 is 5.32 Å². The molecule has 0 aliphatic carbocycles. The van der Waals surface area contributed by atoms with E-state index >= 15 is 0 Å². The highest BCUT2D eigenvalue weighted by molar-refractivity contribution is 7.89. The Morgan fingerprint density at radius 1 is 1.12 bits per heavy atom. The SMILES string of the molecule is N#Cc1ccccc1S(=O)(=O)N1CCC(C(=O)Nc2ccnn2Cc2ccc(Cl)cc2)CC1. The molecule has 8 nitrogen and oxygen atoms in total. The molecule has 0 unspecified atom stereocenters. The van der Waals surface area contributed by atoms with Crippen LogP contribution in [0.15, 0.2) is 65.7 Å². The summed E-state index contributed by atoms with van der Waals surface area (Å²) in [5.74, 6) is 0.0943. The maximum absolute atomic E-state index is 13.0. The fourth-order valence-electron chi connectivity index (χ4n) is 3.84. The second-order valence-electron chi connectivity index (χ2n) is 7.78. The van der Waals surface area contributed by atoms with E-state index in [-0.39, 0.29) is 35.4 Å². The molecule has 1 aliphatic rings. The summed E-state index contributed by atoms with van der Waals surface area (Å²) in [6.07, 6.45) is 2.41. The van der Waals surface area contributed by atoms with Gasteiger partial charge in [0, 0.05) is 30.1 Å². The number of benzene rings is 2. The number of nitriles is 1. The van der Waals surface area contributed by atoms with E-state index in [2.05, 4.69) is 10.4 Å². The number of piperidine rings is 1. The fourth-order valence-corrected chi connectivity index (χ4v) is 5.58. The van der Waals surface area contributed by atoms with E-state index in [1.54, 1.807) is 41.2 Å². The van der Waals surface area contributed by atoms with E-state index in [1.165, 1.54) is 16.4 Å². The molecule has 0 radical (unpaired) electrons. The number of sulfonamides is 1. The lowest BCUT2D eigenvalue weighted by molar-refractivity contribution is -0.121. The third-order valence-electron chi connectivity index (χ3n) is 5.66. The number of anilines is 1. The van der Waals surface area contributed by atoms with Gasteiger partial charge in [-0.3, -0.25) is 4.79 Å². The average molecular weight is 484 g/mol. The van der Waals surface area contributed by atoms with Crippen molar-refractivity contribution in [3.63, 3.8) is 0 Å². The van der Waals surface area contributed by atoms with Crippen LogP contribution >= 0.6 is 11.6 Å². The van der Waals surface area contributed by atoms with Crippen molar-refractivity contribution in [3.8, 4) is 6.07 Å². The first-order valence-corrected chi connectivity index (χ1v) is 12.3. The number of amides is 1. The van der Waals surface area contributed by atoms with E-state index in [9.17, 15) is 18.5 Å². The van der Waals surface area contributed by atoms with Crippen LogP contribution in [-0.4, -0.2) is 41.5 Å². The minimum absolute atomic E-state index is 0.00139. The van der Waals surface area contributed by atoms with Gasteiger partial charge in [0.05, 0.1) is 23.2 Å². The van der Waals surface area contributed by atoms with Crippen molar-refractivity contribution in [2.24, 2.45) is 5.92 Å². The van der Waals surface area contributed by atoms with Crippen LogP contribution in [0.5, 0.6) is 0 Å². The number of hydrogen-bond donors (Lipinski definition) is 1. The van der Waals surface area contributed by atoms with Crippen molar-refractivity contribution >= 4 is 33.3 Å². The second-order valence-corrected chi connectivity index (χ2v) is 10.1. The van der Waals surface area contributed by atoms with Crippen molar-refractivity contribution in [1.29, 1.82) is 5.26 Å². The van der Waals surface area contributed by atoms with Crippen molar-refractivity contribution < 1.29 is 13.2 Å². The Balaban J connectivity index is 1.38. The lowest BCUT2D eigenvalue weighted by atomic mass is 9.97. The van der Waals surface area contributed by atoms with Crippen molar-refractivity contribution in [1.82, 2.24) is 14.1 Å². The van der Waals surface area contributed by atoms with Crippen molar-refractivity contribution in [2.75, 3.05) is 18.4 Å². The minimum atomic E-state index is -3.79. The number of carbonyl (C=O) groups excluding carboxylic acids is 1. The summed E-state index contributed by atoms with van der Waals surface area (Å²) in [6, 6.07) is 17.2. The molecule has 1 aromatic heterocycles. The van der Waals surface area contributed by atoms with Crippen molar-refractivity contribution in [2.45, 2.75) is 24.3 Å². The van der Waals surface area contributed by atoms with Gasteiger partial charge in [0.2, 0.25) is 15.9 Å². The number of rotatable bonds is 6. The van der Waals surface area contributed by atoms with Crippen molar-refractivity contribution in [3.05, 3.63) is 76.9 Å². The van der Waals surface area contributed by atoms with E-state index in [0.29, 0.717) is 30.2 Å². The van der Waals surface area contributed by atoms with Crippen LogP contribution < -0.4 is 5.32 Å². The molecule has 170 valence electrons. The first-order chi connectivity index (χ1) is 15.9. The van der Waals surface area contributed by atoms with E-state index in [1.807, 2.05) is 18.2 Å². The summed E-state index contributed by atoms with van der Waals surface area (Å²) >= 11 is 5.93. The topological polar surface area (TPSA) is 108 Å². The summed E-state index contributed by atoms with van der Waals surface area (Å²) in [5, 5.41) is 17.1. The van der Waals surface area contributed by atoms with Crippen LogP contribution in [0.4, 0.5) is 5.82 Å². The zero-order chi connectivity index (χ0) is 23.4. The third kappa shape index (κ3) is 5.09. The van der Waals surface area contributed by atoms with E-state index in [0.717, 1.165) is 5.56 Å². The molecule has 2 heterocycles. The lowest BCUT2D eigenvalue weighted by Crippen LogP contribution is -2.41. The van der Waals surface area contributed by atoms with Crippen LogP contribution in [-0.2, 0) is 21.4 Å². The van der Waals surface area contributed by atoms with E-state index in [4.69, 9.17) is 11.6 Å². The average Bonchev–Trinajstić information content (AvgIpc) is 3.26. The summed E-state index contributed by atoms with van der Waals surface area (Å²) in [5.41, 5.74) is 1.11. The largest absolute Gasteiger partial charge is 0.311 e. The van der Waals surface area contributed by atoms with E-state index < -0.39 is 10.0 Å². The molecule has 33 heavy (non-hydrogen) atoms. The Bertz CT molecular complexity index is 1290. The molecule has 0 atom stereocenters. The highest BCUT2D eigenvalue weighted by atomic mass is 35.5. The monoisotopic (exact) mass is 483 g/mol. The summed E-state index contributed by atoms with van der Waals surface area (Å²) < 4.78 is 29.0. The third-order valence-corrected chi connectivity index (χ3v) is 7.87. The maximum atomic E-state index is 13.0. The smallest absolute Gasteiger partial charge is 0.244 e. The molecule has 1 saturated heterocycles. The Hall–Kier alpha value is -3.19. The minimum Gasteiger partial charge on any atom is -0.311 e. The number of nitrogens with zero attached hydrogens (tertiary/aromatic N) is 4. The Labute approximate surface area is 197 Å². The van der Waals surface area contributed by atoms with Crippen LogP contribution in [0, 0.1) is 17.2 Å². The van der Waals surface area contributed by atoms with Gasteiger partial charge in [0.15, 0.2) is 0 Å². The van der Waals surface area contributed by atoms with Gasteiger partial charge in [0.1, 0.15) is 11.9 Å². The van der Waals surface area contributed by atoms with Gasteiger partial charge >= 0.3 is 0 Å². The molecule has 1 amide bonds. The molecule has 4 rings (SSSR count). The quantitative estimate of drug-likeness (QED) is 0.577. The van der Waals surface area contributed by atoms with Crippen LogP contribution in [0.3, 0.4) is 0 Å². The predicted molar refractivity (Wildman–Crippen MR) is 124 cm³/mol. The first kappa shape index (κ1) is 23.0. The Morgan fingerprint density at radius 2 is 1.82 bits per heavy atom. The number of hydrogen-bond acceptors (Lipinski definition) is 5. The zero-order valence-electron chi connectivity index (χ0n) is 17.7. The standard InChI is InChI=1S/C23H22ClN5O3S/c24-20-7-5-17(6-8-20)16-29-22(9-12-26-29)27-23(30)18-10-13-28(14-11-18)33(31,32)21-4-2-1-3-19(21)15-25/h1-9,12,18H,10-11,13-14,16H2,(H,27,30). The normalized spacial score (nSPS) is 15.2. The zero-order valence-corrected chi connectivity index (χ0v) is 19.3. The lowest BCUT2D eigenvalue weighted by Gasteiger charge is -2.30. The van der Waals surface area contributed by atoms with Gasteiger partial charge in [0.25, 0.3) is 0 Å². The van der Waals surface area contributed by atoms with Gasteiger partial charge in [-0.2, -0.15) is 14.7 Å². The highest BCUT2D eigenvalue weighted by Crippen LogP contribution is 2.26. The number of carbonyl (C=O) groups is 1. The van der Waals surface area contributed by atoms with Gasteiger partial charge in [-0.15, -0.1) is 0 Å². The van der Waals surface area contributed by atoms with Crippen LogP contribution in [0.2, 0.25) is 5.02 Å².